The van der Waals surface area contributed by atoms with Crippen LogP contribution in [0.1, 0.15) is 40.5 Å². The summed E-state index contributed by atoms with van der Waals surface area (Å²) in [5.41, 5.74) is -0.437. The Kier molecular flexibility index (Phi) is 4.39. The quantitative estimate of drug-likeness (QED) is 0.705. The van der Waals surface area contributed by atoms with Crippen LogP contribution >= 0.6 is 0 Å². The van der Waals surface area contributed by atoms with Crippen molar-refractivity contribution in [1.82, 2.24) is 4.90 Å². The summed E-state index contributed by atoms with van der Waals surface area (Å²) in [5, 5.41) is 8.86. The minimum atomic E-state index is -0.437. The van der Waals surface area contributed by atoms with Gasteiger partial charge in [0, 0.05) is 19.0 Å². The Morgan fingerprint density at radius 1 is 1.41 bits per heavy atom. The van der Waals surface area contributed by atoms with Crippen molar-refractivity contribution in [3.8, 4) is 6.07 Å². The van der Waals surface area contributed by atoms with E-state index in [0.717, 1.165) is 12.8 Å². The van der Waals surface area contributed by atoms with Gasteiger partial charge in [0.25, 0.3) is 0 Å². The molecule has 96 valence electrons. The van der Waals surface area contributed by atoms with E-state index in [4.69, 9.17) is 10.00 Å². The summed E-state index contributed by atoms with van der Waals surface area (Å²) >= 11 is 0. The monoisotopic (exact) mass is 238 g/mol. The molecule has 1 rings (SSSR count). The van der Waals surface area contributed by atoms with Crippen molar-refractivity contribution in [2.45, 2.75) is 46.1 Å². The van der Waals surface area contributed by atoms with Crippen molar-refractivity contribution < 1.29 is 9.53 Å². The summed E-state index contributed by atoms with van der Waals surface area (Å²) in [6, 6.07) is 2.28. The highest BCUT2D eigenvalue weighted by Gasteiger charge is 2.28. The number of carbonyl (C=O) groups is 1. The van der Waals surface area contributed by atoms with E-state index in [0.29, 0.717) is 19.0 Å². The van der Waals surface area contributed by atoms with Crippen molar-refractivity contribution in [2.24, 2.45) is 11.8 Å². The van der Waals surface area contributed by atoms with Crippen LogP contribution in [0.4, 0.5) is 4.79 Å². The van der Waals surface area contributed by atoms with Crippen LogP contribution in [0.2, 0.25) is 0 Å². The third-order valence-electron chi connectivity index (χ3n) is 3.10. The lowest BCUT2D eigenvalue weighted by Gasteiger charge is -2.34. The maximum atomic E-state index is 11.8. The molecule has 1 aliphatic heterocycles. The summed E-state index contributed by atoms with van der Waals surface area (Å²) < 4.78 is 5.32. The lowest BCUT2D eigenvalue weighted by molar-refractivity contribution is 0.0172. The molecular weight excluding hydrogens is 216 g/mol. The number of likely N-dealkylation sites (tertiary alicyclic amines) is 1. The molecule has 0 radical (unpaired) electrons. The van der Waals surface area contributed by atoms with Crippen LogP contribution in [0.5, 0.6) is 0 Å². The lowest BCUT2D eigenvalue weighted by atomic mass is 9.86. The van der Waals surface area contributed by atoms with Crippen LogP contribution < -0.4 is 0 Å². The number of nitrogens with zero attached hydrogens (tertiary/aromatic N) is 2. The predicted molar refractivity (Wildman–Crippen MR) is 65.3 cm³/mol. The third-order valence-corrected chi connectivity index (χ3v) is 3.10. The van der Waals surface area contributed by atoms with E-state index in [1.165, 1.54) is 0 Å². The maximum Gasteiger partial charge on any atom is 0.410 e. The average Bonchev–Trinajstić information content (AvgIpc) is 2.26. The molecule has 1 heterocycles. The summed E-state index contributed by atoms with van der Waals surface area (Å²) in [6.07, 6.45) is 1.56. The SMILES string of the molecule is CC(C#N)C1CCN(C(=O)OC(C)(C)C)CC1. The topological polar surface area (TPSA) is 53.3 Å². The van der Waals surface area contributed by atoms with E-state index >= 15 is 0 Å². The van der Waals surface area contributed by atoms with Gasteiger partial charge in [-0.05, 0) is 46.5 Å². The number of rotatable bonds is 1. The van der Waals surface area contributed by atoms with Gasteiger partial charge >= 0.3 is 6.09 Å². The standard InChI is InChI=1S/C13H22N2O2/c1-10(9-14)11-5-7-15(8-6-11)12(16)17-13(2,3)4/h10-11H,5-8H2,1-4H3. The molecule has 0 spiro atoms. The zero-order valence-electron chi connectivity index (χ0n) is 11.2. The Bertz CT molecular complexity index is 306. The first-order valence-electron chi connectivity index (χ1n) is 6.21. The van der Waals surface area contributed by atoms with Crippen LogP contribution in [0.15, 0.2) is 0 Å². The minimum absolute atomic E-state index is 0.0794. The molecule has 1 unspecified atom stereocenters. The van der Waals surface area contributed by atoms with Gasteiger partial charge in [-0.3, -0.25) is 0 Å². The number of piperidine rings is 1. The Morgan fingerprint density at radius 2 is 1.94 bits per heavy atom. The Labute approximate surface area is 104 Å². The zero-order chi connectivity index (χ0) is 13.1. The zero-order valence-corrected chi connectivity index (χ0v) is 11.2. The first-order valence-corrected chi connectivity index (χ1v) is 6.21. The number of hydrogen-bond donors (Lipinski definition) is 0. The second-order valence-electron chi connectivity index (χ2n) is 5.72. The molecule has 0 aromatic heterocycles. The normalized spacial score (nSPS) is 19.6. The van der Waals surface area contributed by atoms with Crippen LogP contribution in [0.25, 0.3) is 0 Å². The fourth-order valence-electron chi connectivity index (χ4n) is 2.01. The largest absolute Gasteiger partial charge is 0.444 e. The van der Waals surface area contributed by atoms with Crippen molar-refractivity contribution >= 4 is 6.09 Å². The molecule has 1 aliphatic rings. The summed E-state index contributed by atoms with van der Waals surface area (Å²) in [6.45, 7) is 8.96. The number of ether oxygens (including phenoxy) is 1. The van der Waals surface area contributed by atoms with Gasteiger partial charge in [0.05, 0.1) is 6.07 Å². The van der Waals surface area contributed by atoms with E-state index in [-0.39, 0.29) is 12.0 Å². The maximum absolute atomic E-state index is 11.8. The highest BCUT2D eigenvalue weighted by molar-refractivity contribution is 5.68. The van der Waals surface area contributed by atoms with Crippen LogP contribution in [-0.4, -0.2) is 29.7 Å². The molecule has 0 aromatic carbocycles. The number of carbonyl (C=O) groups excluding carboxylic acids is 1. The van der Waals surface area contributed by atoms with Gasteiger partial charge < -0.3 is 9.64 Å². The van der Waals surface area contributed by atoms with E-state index in [9.17, 15) is 4.79 Å². The fourth-order valence-corrected chi connectivity index (χ4v) is 2.01. The molecule has 1 fully saturated rings. The molecule has 0 bridgehead atoms. The molecule has 1 saturated heterocycles. The minimum Gasteiger partial charge on any atom is -0.444 e. The first kappa shape index (κ1) is 13.8. The number of hydrogen-bond acceptors (Lipinski definition) is 3. The second kappa shape index (κ2) is 5.39. The lowest BCUT2D eigenvalue weighted by Crippen LogP contribution is -2.42. The molecule has 17 heavy (non-hydrogen) atoms. The summed E-state index contributed by atoms with van der Waals surface area (Å²) in [5.74, 6) is 0.495. The summed E-state index contributed by atoms with van der Waals surface area (Å²) in [7, 11) is 0. The summed E-state index contributed by atoms with van der Waals surface area (Å²) in [4.78, 5) is 13.5. The molecule has 4 heteroatoms. The van der Waals surface area contributed by atoms with E-state index < -0.39 is 5.60 Å². The molecule has 4 nitrogen and oxygen atoms in total. The van der Waals surface area contributed by atoms with Gasteiger partial charge in [-0.25, -0.2) is 4.79 Å². The highest BCUT2D eigenvalue weighted by atomic mass is 16.6. The first-order chi connectivity index (χ1) is 7.83. The highest BCUT2D eigenvalue weighted by Crippen LogP contribution is 2.25. The van der Waals surface area contributed by atoms with E-state index in [2.05, 4.69) is 6.07 Å². The molecule has 1 atom stereocenters. The Hall–Kier alpha value is -1.24. The van der Waals surface area contributed by atoms with E-state index in [1.807, 2.05) is 27.7 Å². The second-order valence-corrected chi connectivity index (χ2v) is 5.72. The number of amides is 1. The van der Waals surface area contributed by atoms with Crippen molar-refractivity contribution in [1.29, 1.82) is 5.26 Å². The van der Waals surface area contributed by atoms with Crippen LogP contribution in [0, 0.1) is 23.2 Å². The van der Waals surface area contributed by atoms with Crippen molar-refractivity contribution in [3.05, 3.63) is 0 Å². The van der Waals surface area contributed by atoms with Crippen molar-refractivity contribution in [3.63, 3.8) is 0 Å². The van der Waals surface area contributed by atoms with Gasteiger partial charge in [-0.1, -0.05) is 0 Å². The predicted octanol–water partition coefficient (Wildman–Crippen LogP) is 2.79. The molecule has 1 amide bonds. The molecule has 0 aliphatic carbocycles. The van der Waals surface area contributed by atoms with Crippen LogP contribution in [0.3, 0.4) is 0 Å². The average molecular weight is 238 g/mol. The fraction of sp³-hybridized carbons (Fsp3) is 0.846. The van der Waals surface area contributed by atoms with Crippen molar-refractivity contribution in [2.75, 3.05) is 13.1 Å². The number of nitriles is 1. The third kappa shape index (κ3) is 4.26. The van der Waals surface area contributed by atoms with Gasteiger partial charge in [0.1, 0.15) is 5.60 Å². The van der Waals surface area contributed by atoms with Crippen LogP contribution in [-0.2, 0) is 4.74 Å². The van der Waals surface area contributed by atoms with E-state index in [1.54, 1.807) is 4.90 Å². The van der Waals surface area contributed by atoms with Gasteiger partial charge in [-0.2, -0.15) is 5.26 Å². The molecule has 0 N–H and O–H groups in total. The van der Waals surface area contributed by atoms with Gasteiger partial charge in [0.15, 0.2) is 0 Å². The van der Waals surface area contributed by atoms with Gasteiger partial charge in [0.2, 0.25) is 0 Å². The Balaban J connectivity index is 2.42. The Morgan fingerprint density at radius 3 is 2.35 bits per heavy atom. The molecule has 0 saturated carbocycles. The smallest absolute Gasteiger partial charge is 0.410 e. The molecule has 0 aromatic rings. The van der Waals surface area contributed by atoms with Gasteiger partial charge in [-0.15, -0.1) is 0 Å². The molecular formula is C13H22N2O2.